The van der Waals surface area contributed by atoms with Crippen molar-refractivity contribution in [1.29, 1.82) is 0 Å². The molecule has 0 unspecified atom stereocenters. The molecule has 0 aliphatic rings. The number of fused-ring (bicyclic) bond motifs is 3. The van der Waals surface area contributed by atoms with Gasteiger partial charge in [-0.25, -0.2) is 0 Å². The SMILES string of the molecule is CCCCc1cc(C)c(C)c2c1c1ccccc1n2CC. The van der Waals surface area contributed by atoms with Gasteiger partial charge in [-0.1, -0.05) is 37.6 Å². The molecule has 0 fully saturated rings. The van der Waals surface area contributed by atoms with Crippen LogP contribution in [0.25, 0.3) is 21.8 Å². The topological polar surface area (TPSA) is 4.93 Å². The number of hydrogen-bond donors (Lipinski definition) is 0. The highest BCUT2D eigenvalue weighted by atomic mass is 15.0. The van der Waals surface area contributed by atoms with Gasteiger partial charge >= 0.3 is 0 Å². The minimum absolute atomic E-state index is 1.03. The Labute approximate surface area is 127 Å². The Morgan fingerprint density at radius 3 is 2.52 bits per heavy atom. The first-order valence-corrected chi connectivity index (χ1v) is 8.19. The summed E-state index contributed by atoms with van der Waals surface area (Å²) in [6.07, 6.45) is 3.70. The lowest BCUT2D eigenvalue weighted by Crippen LogP contribution is -1.98. The van der Waals surface area contributed by atoms with E-state index in [1.165, 1.54) is 57.8 Å². The summed E-state index contributed by atoms with van der Waals surface area (Å²) in [5.41, 5.74) is 7.21. The Balaban J connectivity index is 2.46. The molecule has 0 radical (unpaired) electrons. The number of para-hydroxylation sites is 1. The molecule has 0 atom stereocenters. The van der Waals surface area contributed by atoms with Crippen molar-refractivity contribution in [2.24, 2.45) is 0 Å². The van der Waals surface area contributed by atoms with Crippen LogP contribution in [0.2, 0.25) is 0 Å². The van der Waals surface area contributed by atoms with Gasteiger partial charge in [0.25, 0.3) is 0 Å². The van der Waals surface area contributed by atoms with Crippen LogP contribution < -0.4 is 0 Å². The first-order chi connectivity index (χ1) is 10.2. The lowest BCUT2D eigenvalue weighted by Gasteiger charge is -2.12. The Morgan fingerprint density at radius 2 is 1.81 bits per heavy atom. The van der Waals surface area contributed by atoms with Crippen molar-refractivity contribution >= 4 is 21.8 Å². The average molecular weight is 279 g/mol. The molecular weight excluding hydrogens is 254 g/mol. The van der Waals surface area contributed by atoms with Gasteiger partial charge in [-0.05, 0) is 56.4 Å². The van der Waals surface area contributed by atoms with Gasteiger partial charge < -0.3 is 4.57 Å². The van der Waals surface area contributed by atoms with E-state index >= 15 is 0 Å². The second kappa shape index (κ2) is 5.55. The van der Waals surface area contributed by atoms with Crippen LogP contribution in [0.3, 0.4) is 0 Å². The highest BCUT2D eigenvalue weighted by Crippen LogP contribution is 2.35. The molecule has 0 saturated carbocycles. The Hall–Kier alpha value is -1.76. The normalized spacial score (nSPS) is 11.6. The third kappa shape index (κ3) is 2.16. The van der Waals surface area contributed by atoms with Crippen molar-refractivity contribution in [2.75, 3.05) is 0 Å². The van der Waals surface area contributed by atoms with Crippen molar-refractivity contribution in [3.05, 3.63) is 47.0 Å². The maximum absolute atomic E-state index is 2.49. The van der Waals surface area contributed by atoms with Crippen molar-refractivity contribution in [3.8, 4) is 0 Å². The highest BCUT2D eigenvalue weighted by molar-refractivity contribution is 6.11. The number of hydrogen-bond acceptors (Lipinski definition) is 0. The number of rotatable bonds is 4. The fraction of sp³-hybridized carbons (Fsp3) is 0.400. The van der Waals surface area contributed by atoms with E-state index < -0.39 is 0 Å². The molecule has 2 aromatic carbocycles. The minimum atomic E-state index is 1.03. The summed E-state index contributed by atoms with van der Waals surface area (Å²) in [7, 11) is 0. The summed E-state index contributed by atoms with van der Waals surface area (Å²) < 4.78 is 2.49. The van der Waals surface area contributed by atoms with Gasteiger partial charge in [0, 0.05) is 22.8 Å². The van der Waals surface area contributed by atoms with Gasteiger partial charge in [-0.3, -0.25) is 0 Å². The quantitative estimate of drug-likeness (QED) is 0.571. The van der Waals surface area contributed by atoms with Gasteiger partial charge in [0.05, 0.1) is 5.52 Å². The summed E-state index contributed by atoms with van der Waals surface area (Å²) in [6, 6.07) is 11.3. The van der Waals surface area contributed by atoms with Gasteiger partial charge in [-0.15, -0.1) is 0 Å². The van der Waals surface area contributed by atoms with Gasteiger partial charge in [0.1, 0.15) is 0 Å². The molecule has 0 spiro atoms. The summed E-state index contributed by atoms with van der Waals surface area (Å²) in [5.74, 6) is 0. The van der Waals surface area contributed by atoms with Crippen LogP contribution >= 0.6 is 0 Å². The second-order valence-corrected chi connectivity index (χ2v) is 6.07. The smallest absolute Gasteiger partial charge is 0.0526 e. The molecule has 1 heterocycles. The van der Waals surface area contributed by atoms with Gasteiger partial charge in [0.15, 0.2) is 0 Å². The average Bonchev–Trinajstić information content (AvgIpc) is 2.84. The molecule has 21 heavy (non-hydrogen) atoms. The van der Waals surface area contributed by atoms with Crippen LogP contribution in [0.5, 0.6) is 0 Å². The molecule has 3 rings (SSSR count). The molecule has 0 N–H and O–H groups in total. The third-order valence-electron chi connectivity index (χ3n) is 4.75. The minimum Gasteiger partial charge on any atom is -0.341 e. The van der Waals surface area contributed by atoms with Crippen LogP contribution in [0.15, 0.2) is 30.3 Å². The number of nitrogens with zero attached hydrogens (tertiary/aromatic N) is 1. The van der Waals surface area contributed by atoms with Crippen molar-refractivity contribution < 1.29 is 0 Å². The van der Waals surface area contributed by atoms with E-state index in [4.69, 9.17) is 0 Å². The van der Waals surface area contributed by atoms with E-state index in [9.17, 15) is 0 Å². The lowest BCUT2D eigenvalue weighted by molar-refractivity contribution is 0.796. The predicted molar refractivity (Wildman–Crippen MR) is 93.2 cm³/mol. The summed E-state index contributed by atoms with van der Waals surface area (Å²) >= 11 is 0. The van der Waals surface area contributed by atoms with E-state index in [1.807, 2.05) is 0 Å². The Bertz CT molecular complexity index is 793. The van der Waals surface area contributed by atoms with Crippen LogP contribution in [0.1, 0.15) is 43.4 Å². The van der Waals surface area contributed by atoms with E-state index in [-0.39, 0.29) is 0 Å². The van der Waals surface area contributed by atoms with E-state index in [0.717, 1.165) is 6.54 Å². The zero-order chi connectivity index (χ0) is 15.0. The zero-order valence-corrected chi connectivity index (χ0v) is 13.7. The second-order valence-electron chi connectivity index (χ2n) is 6.07. The molecule has 0 saturated heterocycles. The molecule has 1 aromatic heterocycles. The standard InChI is InChI=1S/C20H25N/c1-5-7-10-16-13-14(3)15(4)20-19(16)17-11-8-9-12-18(17)21(20)6-2/h8-9,11-13H,5-7,10H2,1-4H3. The van der Waals surface area contributed by atoms with Crippen LogP contribution in [0.4, 0.5) is 0 Å². The fourth-order valence-corrected chi connectivity index (χ4v) is 3.54. The van der Waals surface area contributed by atoms with E-state index in [0.29, 0.717) is 0 Å². The van der Waals surface area contributed by atoms with Gasteiger partial charge in [-0.2, -0.15) is 0 Å². The predicted octanol–water partition coefficient (Wildman–Crippen LogP) is 5.77. The number of aromatic nitrogens is 1. The third-order valence-corrected chi connectivity index (χ3v) is 4.75. The summed E-state index contributed by atoms with van der Waals surface area (Å²) in [6.45, 7) is 10.1. The molecular formula is C20H25N. The fourth-order valence-electron chi connectivity index (χ4n) is 3.54. The number of benzene rings is 2. The van der Waals surface area contributed by atoms with Crippen molar-refractivity contribution in [1.82, 2.24) is 4.57 Å². The summed E-state index contributed by atoms with van der Waals surface area (Å²) in [4.78, 5) is 0. The van der Waals surface area contributed by atoms with Crippen LogP contribution in [-0.4, -0.2) is 4.57 Å². The molecule has 0 bridgehead atoms. The monoisotopic (exact) mass is 279 g/mol. The first kappa shape index (κ1) is 14.2. The van der Waals surface area contributed by atoms with Crippen molar-refractivity contribution in [3.63, 3.8) is 0 Å². The molecule has 0 aliphatic carbocycles. The molecule has 1 nitrogen and oxygen atoms in total. The zero-order valence-electron chi connectivity index (χ0n) is 13.7. The van der Waals surface area contributed by atoms with Gasteiger partial charge in [0.2, 0.25) is 0 Å². The number of unbranched alkanes of at least 4 members (excludes halogenated alkanes) is 1. The van der Waals surface area contributed by atoms with E-state index in [2.05, 4.69) is 62.6 Å². The Morgan fingerprint density at radius 1 is 1.05 bits per heavy atom. The molecule has 1 heteroatoms. The highest BCUT2D eigenvalue weighted by Gasteiger charge is 2.16. The molecule has 0 aliphatic heterocycles. The molecule has 110 valence electrons. The van der Waals surface area contributed by atoms with E-state index in [1.54, 1.807) is 0 Å². The maximum Gasteiger partial charge on any atom is 0.0526 e. The largest absolute Gasteiger partial charge is 0.341 e. The molecule has 0 amide bonds. The molecule has 3 aromatic rings. The van der Waals surface area contributed by atoms with Crippen LogP contribution in [-0.2, 0) is 13.0 Å². The van der Waals surface area contributed by atoms with Crippen molar-refractivity contribution in [2.45, 2.75) is 53.5 Å². The first-order valence-electron chi connectivity index (χ1n) is 8.19. The Kier molecular flexibility index (Phi) is 3.75. The maximum atomic E-state index is 2.49. The summed E-state index contributed by atoms with van der Waals surface area (Å²) in [5, 5.41) is 2.91. The number of aryl methyl sites for hydroxylation is 4. The van der Waals surface area contributed by atoms with Crippen LogP contribution in [0, 0.1) is 13.8 Å². The lowest BCUT2D eigenvalue weighted by atomic mass is 9.96.